The van der Waals surface area contributed by atoms with Gasteiger partial charge in [0.25, 0.3) is 11.8 Å². The standard InChI is InChI=1S/C26H31NO11/c1-13(28)33-12-20-22(35-14(2)29)23(36-15(3)30)21(19(37-20)10-16-11-34-26(4,5)38-16)27-24(31)17-8-6-7-9-18(17)25(27)32/h6-9,16,19-23H,10-12H2,1-5H3/t16-,19-,20+,21-,22+,23+/m0/s1. The lowest BCUT2D eigenvalue weighted by Gasteiger charge is -2.48. The maximum atomic E-state index is 13.5. The number of hydrogen-bond donors (Lipinski definition) is 0. The first-order valence-corrected chi connectivity index (χ1v) is 12.3. The average molecular weight is 534 g/mol. The number of amides is 2. The van der Waals surface area contributed by atoms with Gasteiger partial charge < -0.3 is 28.4 Å². The van der Waals surface area contributed by atoms with Crippen LogP contribution in [0.15, 0.2) is 24.3 Å². The first kappa shape index (κ1) is 27.7. The maximum Gasteiger partial charge on any atom is 0.303 e. The minimum atomic E-state index is -1.33. The van der Waals surface area contributed by atoms with Crippen molar-refractivity contribution in [2.45, 2.75) is 83.4 Å². The summed E-state index contributed by atoms with van der Waals surface area (Å²) in [4.78, 5) is 64.0. The molecule has 0 bridgehead atoms. The Bertz CT molecular complexity index is 1100. The average Bonchev–Trinajstić information content (AvgIpc) is 3.29. The fourth-order valence-corrected chi connectivity index (χ4v) is 5.12. The molecule has 0 spiro atoms. The minimum absolute atomic E-state index is 0.128. The van der Waals surface area contributed by atoms with E-state index in [9.17, 15) is 24.0 Å². The molecule has 0 aliphatic carbocycles. The normalized spacial score (nSPS) is 30.1. The Balaban J connectivity index is 1.78. The van der Waals surface area contributed by atoms with Crippen LogP contribution in [0, 0.1) is 0 Å². The van der Waals surface area contributed by atoms with E-state index in [0.717, 1.165) is 18.7 Å². The van der Waals surface area contributed by atoms with Gasteiger partial charge in [0.2, 0.25) is 0 Å². The van der Waals surface area contributed by atoms with Crippen molar-refractivity contribution in [3.63, 3.8) is 0 Å². The van der Waals surface area contributed by atoms with Gasteiger partial charge in [-0.2, -0.15) is 0 Å². The molecule has 0 saturated carbocycles. The van der Waals surface area contributed by atoms with Crippen LogP contribution >= 0.6 is 0 Å². The van der Waals surface area contributed by atoms with Gasteiger partial charge in [-0.3, -0.25) is 28.9 Å². The van der Waals surface area contributed by atoms with E-state index in [1.54, 1.807) is 26.0 Å². The summed E-state index contributed by atoms with van der Waals surface area (Å²) in [6.45, 7) is 6.90. The third-order valence-corrected chi connectivity index (χ3v) is 6.50. The lowest BCUT2D eigenvalue weighted by Crippen LogP contribution is -2.67. The van der Waals surface area contributed by atoms with Crippen LogP contribution in [-0.2, 0) is 42.8 Å². The van der Waals surface area contributed by atoms with Crippen LogP contribution in [0.25, 0.3) is 0 Å². The van der Waals surface area contributed by atoms with Crippen LogP contribution in [0.5, 0.6) is 0 Å². The van der Waals surface area contributed by atoms with Crippen LogP contribution in [0.2, 0.25) is 0 Å². The van der Waals surface area contributed by atoms with Gasteiger partial charge in [-0.15, -0.1) is 0 Å². The number of fused-ring (bicyclic) bond motifs is 1. The second-order valence-corrected chi connectivity index (χ2v) is 9.87. The van der Waals surface area contributed by atoms with E-state index in [4.69, 9.17) is 28.4 Å². The van der Waals surface area contributed by atoms with Gasteiger partial charge in [0.05, 0.1) is 29.9 Å². The molecule has 0 radical (unpaired) electrons. The lowest BCUT2D eigenvalue weighted by molar-refractivity contribution is -0.234. The third kappa shape index (κ3) is 5.71. The van der Waals surface area contributed by atoms with E-state index < -0.39 is 72.1 Å². The fraction of sp³-hybridized carbons (Fsp3) is 0.577. The minimum Gasteiger partial charge on any atom is -0.463 e. The largest absolute Gasteiger partial charge is 0.463 e. The van der Waals surface area contributed by atoms with Gasteiger partial charge in [-0.1, -0.05) is 12.1 Å². The first-order chi connectivity index (χ1) is 17.9. The van der Waals surface area contributed by atoms with Crippen LogP contribution in [0.3, 0.4) is 0 Å². The Morgan fingerprint density at radius 3 is 2.00 bits per heavy atom. The van der Waals surface area contributed by atoms with Gasteiger partial charge in [0.15, 0.2) is 18.0 Å². The molecule has 206 valence electrons. The number of nitrogens with zero attached hydrogens (tertiary/aromatic N) is 1. The molecule has 3 heterocycles. The smallest absolute Gasteiger partial charge is 0.303 e. The molecule has 0 N–H and O–H groups in total. The Morgan fingerprint density at radius 1 is 0.921 bits per heavy atom. The van der Waals surface area contributed by atoms with E-state index in [0.29, 0.717) is 0 Å². The van der Waals surface area contributed by atoms with Crippen LogP contribution < -0.4 is 0 Å². The van der Waals surface area contributed by atoms with Crippen molar-refractivity contribution >= 4 is 29.7 Å². The number of esters is 3. The molecule has 1 aromatic carbocycles. The van der Waals surface area contributed by atoms with Crippen molar-refractivity contribution in [2.75, 3.05) is 13.2 Å². The summed E-state index contributed by atoms with van der Waals surface area (Å²) < 4.78 is 34.2. The van der Waals surface area contributed by atoms with Crippen molar-refractivity contribution in [1.29, 1.82) is 0 Å². The highest BCUT2D eigenvalue weighted by Gasteiger charge is 2.57. The number of carbonyl (C=O) groups excluding carboxylic acids is 5. The molecule has 6 atom stereocenters. The summed E-state index contributed by atoms with van der Waals surface area (Å²) in [5.41, 5.74) is 0.371. The summed E-state index contributed by atoms with van der Waals surface area (Å²) in [7, 11) is 0. The zero-order chi connectivity index (χ0) is 27.8. The molecule has 1 aromatic rings. The molecule has 0 unspecified atom stereocenters. The first-order valence-electron chi connectivity index (χ1n) is 12.3. The van der Waals surface area contributed by atoms with E-state index in [1.807, 2.05) is 0 Å². The third-order valence-electron chi connectivity index (χ3n) is 6.50. The highest BCUT2D eigenvalue weighted by Crippen LogP contribution is 2.38. The summed E-state index contributed by atoms with van der Waals surface area (Å²) >= 11 is 0. The van der Waals surface area contributed by atoms with Crippen molar-refractivity contribution < 1.29 is 52.4 Å². The van der Waals surface area contributed by atoms with E-state index >= 15 is 0 Å². The maximum absolute atomic E-state index is 13.5. The summed E-state index contributed by atoms with van der Waals surface area (Å²) in [5.74, 6) is -4.14. The molecule has 2 saturated heterocycles. The van der Waals surface area contributed by atoms with Crippen molar-refractivity contribution in [1.82, 2.24) is 4.90 Å². The predicted molar refractivity (Wildman–Crippen MR) is 127 cm³/mol. The highest BCUT2D eigenvalue weighted by atomic mass is 16.7. The Hall–Kier alpha value is -3.35. The van der Waals surface area contributed by atoms with E-state index in [2.05, 4.69) is 0 Å². The Labute approximate surface area is 219 Å². The number of imide groups is 1. The lowest BCUT2D eigenvalue weighted by atomic mass is 9.88. The molecule has 3 aliphatic heterocycles. The second-order valence-electron chi connectivity index (χ2n) is 9.87. The van der Waals surface area contributed by atoms with Crippen LogP contribution in [0.4, 0.5) is 0 Å². The van der Waals surface area contributed by atoms with Crippen LogP contribution in [0.1, 0.15) is 61.8 Å². The number of hydrogen-bond acceptors (Lipinski definition) is 11. The van der Waals surface area contributed by atoms with Crippen molar-refractivity contribution in [3.05, 3.63) is 35.4 Å². The number of ether oxygens (including phenoxy) is 6. The van der Waals surface area contributed by atoms with Gasteiger partial charge in [0, 0.05) is 27.2 Å². The molecule has 2 amide bonds. The van der Waals surface area contributed by atoms with Gasteiger partial charge in [-0.05, 0) is 26.0 Å². The van der Waals surface area contributed by atoms with E-state index in [1.165, 1.54) is 19.1 Å². The molecule has 12 nitrogen and oxygen atoms in total. The quantitative estimate of drug-likeness (QED) is 0.285. The molecule has 12 heteroatoms. The molecule has 2 fully saturated rings. The zero-order valence-corrected chi connectivity index (χ0v) is 21.8. The summed E-state index contributed by atoms with van der Waals surface area (Å²) in [6, 6.07) is 5.12. The number of carbonyl (C=O) groups is 5. The number of rotatable bonds is 7. The monoisotopic (exact) mass is 533 g/mol. The molecule has 4 rings (SSSR count). The van der Waals surface area contributed by atoms with Gasteiger partial charge >= 0.3 is 17.9 Å². The molecule has 38 heavy (non-hydrogen) atoms. The SMILES string of the molecule is CC(=O)OC[C@H]1O[C@@H](C[C@H]2COC(C)(C)O2)[C@H](N2C(=O)c3ccccc3C2=O)[C@@H](OC(C)=O)[C@@H]1OC(C)=O. The highest BCUT2D eigenvalue weighted by molar-refractivity contribution is 6.21. The Morgan fingerprint density at radius 2 is 1.50 bits per heavy atom. The molecule has 0 aromatic heterocycles. The topological polar surface area (TPSA) is 144 Å². The van der Waals surface area contributed by atoms with Crippen LogP contribution in [-0.4, -0.2) is 90.2 Å². The van der Waals surface area contributed by atoms with E-state index in [-0.39, 0.29) is 30.8 Å². The Kier molecular flexibility index (Phi) is 7.86. The molecule has 3 aliphatic rings. The van der Waals surface area contributed by atoms with Gasteiger partial charge in [-0.25, -0.2) is 0 Å². The number of benzene rings is 1. The summed E-state index contributed by atoms with van der Waals surface area (Å²) in [5, 5.41) is 0. The summed E-state index contributed by atoms with van der Waals surface area (Å²) in [6.07, 6.45) is -5.02. The fourth-order valence-electron chi connectivity index (χ4n) is 5.12. The van der Waals surface area contributed by atoms with Gasteiger partial charge in [0.1, 0.15) is 18.8 Å². The van der Waals surface area contributed by atoms with Crippen molar-refractivity contribution in [2.24, 2.45) is 0 Å². The second kappa shape index (κ2) is 10.8. The zero-order valence-electron chi connectivity index (χ0n) is 21.8. The molecular formula is C26H31NO11. The molecular weight excluding hydrogens is 502 g/mol. The van der Waals surface area contributed by atoms with Crippen molar-refractivity contribution in [3.8, 4) is 0 Å². The predicted octanol–water partition coefficient (Wildman–Crippen LogP) is 1.39.